The number of aromatic nitrogens is 4. The van der Waals surface area contributed by atoms with Crippen molar-refractivity contribution in [2.75, 3.05) is 25.1 Å². The lowest BCUT2D eigenvalue weighted by Crippen LogP contribution is -2.68. The van der Waals surface area contributed by atoms with Crippen molar-refractivity contribution in [3.63, 3.8) is 0 Å². The SMILES string of the molecule is CC1=C(C(=O)N2CC(C)(C)[C@@H]2[C@H]2CCCO2)Cn2nnnc2N1C. The lowest BCUT2D eigenvalue weighted by molar-refractivity contribution is -0.160. The maximum atomic E-state index is 13.2. The number of anilines is 1. The second-order valence-electron chi connectivity index (χ2n) is 7.68. The van der Waals surface area contributed by atoms with Crippen LogP contribution >= 0.6 is 0 Å². The van der Waals surface area contributed by atoms with Crippen LogP contribution in [0.4, 0.5) is 5.95 Å². The summed E-state index contributed by atoms with van der Waals surface area (Å²) in [5.74, 6) is 0.754. The highest BCUT2D eigenvalue weighted by Crippen LogP contribution is 2.43. The fourth-order valence-corrected chi connectivity index (χ4v) is 4.25. The number of amides is 1. The summed E-state index contributed by atoms with van der Waals surface area (Å²) < 4.78 is 7.57. The minimum Gasteiger partial charge on any atom is -0.376 e. The van der Waals surface area contributed by atoms with E-state index in [2.05, 4.69) is 29.4 Å². The molecule has 0 unspecified atom stereocenters. The molecular formula is C16H24N6O2. The molecule has 0 N–H and O–H groups in total. The van der Waals surface area contributed by atoms with Crippen molar-refractivity contribution in [3.8, 4) is 0 Å². The molecule has 2 atom stereocenters. The summed E-state index contributed by atoms with van der Waals surface area (Å²) in [5.41, 5.74) is 1.77. The largest absolute Gasteiger partial charge is 0.376 e. The average Bonchev–Trinajstić information content (AvgIpc) is 3.19. The van der Waals surface area contributed by atoms with Crippen molar-refractivity contribution in [3.05, 3.63) is 11.3 Å². The average molecular weight is 332 g/mol. The summed E-state index contributed by atoms with van der Waals surface area (Å²) in [6, 6.07) is 0.147. The standard InChI is InChI=1S/C16H24N6O2/c1-10-11(8-22-15(20(10)4)17-18-19-22)14(23)21-9-16(2,3)13(21)12-6-5-7-24-12/h12-13H,5-9H2,1-4H3/t12-,13+/m1/s1. The van der Waals surface area contributed by atoms with Gasteiger partial charge in [-0.25, -0.2) is 4.68 Å². The maximum Gasteiger partial charge on any atom is 0.253 e. The molecule has 3 aliphatic heterocycles. The number of carbonyl (C=O) groups excluding carboxylic acids is 1. The van der Waals surface area contributed by atoms with Gasteiger partial charge in [0.05, 0.1) is 24.3 Å². The van der Waals surface area contributed by atoms with Gasteiger partial charge in [0, 0.05) is 31.3 Å². The van der Waals surface area contributed by atoms with E-state index in [1.54, 1.807) is 4.68 Å². The van der Waals surface area contributed by atoms with E-state index in [4.69, 9.17) is 4.74 Å². The molecule has 0 bridgehead atoms. The van der Waals surface area contributed by atoms with Gasteiger partial charge in [0.25, 0.3) is 5.91 Å². The zero-order chi connectivity index (χ0) is 17.1. The Hall–Kier alpha value is -1.96. The van der Waals surface area contributed by atoms with Gasteiger partial charge >= 0.3 is 0 Å². The van der Waals surface area contributed by atoms with Gasteiger partial charge in [-0.2, -0.15) is 0 Å². The fourth-order valence-electron chi connectivity index (χ4n) is 4.25. The highest BCUT2D eigenvalue weighted by atomic mass is 16.5. The molecule has 2 saturated heterocycles. The van der Waals surface area contributed by atoms with Crippen LogP contribution in [0.25, 0.3) is 0 Å². The summed E-state index contributed by atoms with van der Waals surface area (Å²) in [6.07, 6.45) is 2.27. The molecule has 0 aliphatic carbocycles. The Morgan fingerprint density at radius 3 is 2.83 bits per heavy atom. The van der Waals surface area contributed by atoms with Gasteiger partial charge in [0.15, 0.2) is 0 Å². The maximum absolute atomic E-state index is 13.2. The van der Waals surface area contributed by atoms with Crippen molar-refractivity contribution in [1.29, 1.82) is 0 Å². The Morgan fingerprint density at radius 1 is 1.38 bits per heavy atom. The number of nitrogens with zero attached hydrogens (tertiary/aromatic N) is 6. The van der Waals surface area contributed by atoms with E-state index in [1.165, 1.54) is 0 Å². The van der Waals surface area contributed by atoms with Crippen molar-refractivity contribution in [1.82, 2.24) is 25.1 Å². The topological polar surface area (TPSA) is 76.4 Å². The van der Waals surface area contributed by atoms with Gasteiger partial charge < -0.3 is 14.5 Å². The van der Waals surface area contributed by atoms with Gasteiger partial charge in [-0.1, -0.05) is 18.9 Å². The van der Waals surface area contributed by atoms with Crippen molar-refractivity contribution in [2.45, 2.75) is 52.3 Å². The zero-order valence-electron chi connectivity index (χ0n) is 14.7. The fraction of sp³-hybridized carbons (Fsp3) is 0.750. The minimum atomic E-state index is 0.0836. The molecule has 8 nitrogen and oxygen atoms in total. The summed E-state index contributed by atoms with van der Waals surface area (Å²) in [4.78, 5) is 17.1. The molecule has 0 saturated carbocycles. The second kappa shape index (κ2) is 5.27. The third-order valence-corrected chi connectivity index (χ3v) is 5.61. The van der Waals surface area contributed by atoms with E-state index in [0.29, 0.717) is 12.5 Å². The predicted octanol–water partition coefficient (Wildman–Crippen LogP) is 0.813. The van der Waals surface area contributed by atoms with Crippen LogP contribution in [0.3, 0.4) is 0 Å². The first-order valence-corrected chi connectivity index (χ1v) is 8.52. The normalized spacial score (nSPS) is 28.8. The molecule has 130 valence electrons. The summed E-state index contributed by atoms with van der Waals surface area (Å²) >= 11 is 0. The lowest BCUT2D eigenvalue weighted by atomic mass is 9.71. The first-order chi connectivity index (χ1) is 11.4. The van der Waals surface area contributed by atoms with Crippen LogP contribution in [0, 0.1) is 5.41 Å². The van der Waals surface area contributed by atoms with Crippen LogP contribution < -0.4 is 4.90 Å². The van der Waals surface area contributed by atoms with Gasteiger partial charge in [-0.15, -0.1) is 0 Å². The molecule has 1 amide bonds. The summed E-state index contributed by atoms with van der Waals surface area (Å²) in [6.45, 7) is 8.38. The van der Waals surface area contributed by atoms with E-state index >= 15 is 0 Å². The molecule has 0 radical (unpaired) electrons. The summed E-state index contributed by atoms with van der Waals surface area (Å²) in [5, 5.41) is 11.7. The lowest BCUT2D eigenvalue weighted by Gasteiger charge is -2.56. The number of hydrogen-bond donors (Lipinski definition) is 0. The van der Waals surface area contributed by atoms with Crippen LogP contribution in [0.1, 0.15) is 33.6 Å². The third kappa shape index (κ3) is 2.16. The Morgan fingerprint density at radius 2 is 2.17 bits per heavy atom. The van der Waals surface area contributed by atoms with E-state index in [9.17, 15) is 4.79 Å². The number of rotatable bonds is 2. The zero-order valence-corrected chi connectivity index (χ0v) is 14.7. The highest BCUT2D eigenvalue weighted by molar-refractivity contribution is 5.96. The van der Waals surface area contributed by atoms with E-state index in [0.717, 1.165) is 37.3 Å². The second-order valence-corrected chi connectivity index (χ2v) is 7.68. The molecule has 8 heteroatoms. The van der Waals surface area contributed by atoms with Gasteiger partial charge in [-0.3, -0.25) is 4.79 Å². The molecule has 24 heavy (non-hydrogen) atoms. The monoisotopic (exact) mass is 332 g/mol. The predicted molar refractivity (Wildman–Crippen MR) is 87.2 cm³/mol. The Labute approximate surface area is 141 Å². The smallest absolute Gasteiger partial charge is 0.253 e. The number of hydrogen-bond acceptors (Lipinski definition) is 6. The Kier molecular flexibility index (Phi) is 3.42. The molecule has 1 aromatic rings. The Balaban J connectivity index is 1.60. The first kappa shape index (κ1) is 15.6. The van der Waals surface area contributed by atoms with Crippen LogP contribution in [0.5, 0.6) is 0 Å². The minimum absolute atomic E-state index is 0.0836. The van der Waals surface area contributed by atoms with Gasteiger partial charge in [0.2, 0.25) is 5.95 Å². The number of likely N-dealkylation sites (tertiary alicyclic amines) is 1. The molecule has 3 aliphatic rings. The van der Waals surface area contributed by atoms with Crippen LogP contribution in [-0.4, -0.2) is 63.4 Å². The molecule has 0 spiro atoms. The van der Waals surface area contributed by atoms with Gasteiger partial charge in [0.1, 0.15) is 0 Å². The van der Waals surface area contributed by atoms with E-state index < -0.39 is 0 Å². The van der Waals surface area contributed by atoms with E-state index in [-0.39, 0.29) is 23.5 Å². The van der Waals surface area contributed by atoms with Crippen LogP contribution in [0.2, 0.25) is 0 Å². The van der Waals surface area contributed by atoms with Crippen molar-refractivity contribution in [2.24, 2.45) is 5.41 Å². The number of allylic oxidation sites excluding steroid dienone is 1. The number of carbonyl (C=O) groups is 1. The van der Waals surface area contributed by atoms with Crippen molar-refractivity contribution < 1.29 is 9.53 Å². The molecule has 1 aromatic heterocycles. The number of fused-ring (bicyclic) bond motifs is 1. The first-order valence-electron chi connectivity index (χ1n) is 8.52. The third-order valence-electron chi connectivity index (χ3n) is 5.61. The number of tetrazole rings is 1. The van der Waals surface area contributed by atoms with E-state index in [1.807, 2.05) is 23.8 Å². The van der Waals surface area contributed by atoms with Crippen LogP contribution in [0.15, 0.2) is 11.3 Å². The molecule has 2 fully saturated rings. The van der Waals surface area contributed by atoms with Crippen LogP contribution in [-0.2, 0) is 16.1 Å². The molecular weight excluding hydrogens is 308 g/mol. The quantitative estimate of drug-likeness (QED) is 0.798. The highest BCUT2D eigenvalue weighted by Gasteiger charge is 2.53. The number of ether oxygens (including phenoxy) is 1. The summed E-state index contributed by atoms with van der Waals surface area (Å²) in [7, 11) is 1.89. The van der Waals surface area contributed by atoms with Crippen molar-refractivity contribution >= 4 is 11.9 Å². The molecule has 4 rings (SSSR count). The Bertz CT molecular complexity index is 703. The molecule has 4 heterocycles. The molecule has 0 aromatic carbocycles. The van der Waals surface area contributed by atoms with Gasteiger partial charge in [-0.05, 0) is 30.2 Å².